The lowest BCUT2D eigenvalue weighted by Crippen LogP contribution is -2.41. The molecule has 1 fully saturated rings. The maximum Gasteiger partial charge on any atom is 0.407 e. The predicted octanol–water partition coefficient (Wildman–Crippen LogP) is 3.47. The van der Waals surface area contributed by atoms with Gasteiger partial charge >= 0.3 is 6.09 Å². The monoisotopic (exact) mass is 374 g/mol. The van der Waals surface area contributed by atoms with Gasteiger partial charge in [-0.15, -0.1) is 0 Å². The van der Waals surface area contributed by atoms with Gasteiger partial charge in [-0.05, 0) is 63.3 Å². The Hall–Kier alpha value is -2.50. The molecule has 1 aliphatic heterocycles. The van der Waals surface area contributed by atoms with Gasteiger partial charge in [0.15, 0.2) is 0 Å². The molecule has 0 aromatic heterocycles. The highest BCUT2D eigenvalue weighted by atomic mass is 16.6. The molecule has 0 saturated carbocycles. The van der Waals surface area contributed by atoms with Gasteiger partial charge in [0, 0.05) is 25.7 Å². The standard InChI is InChI=1S/C21H30N2O4/c1-21(2,3)27-20(25)22-15-17-10-12-23(13-11-17)19(24)9-8-16-6-5-7-18(14-16)26-4/h5-9,14,17H,10-13,15H2,1-4H3,(H,22,25)/b9-8+. The number of benzene rings is 1. The fraction of sp³-hybridized carbons (Fsp3) is 0.524. The minimum absolute atomic E-state index is 0.0105. The fourth-order valence-electron chi connectivity index (χ4n) is 2.92. The van der Waals surface area contributed by atoms with E-state index in [1.54, 1.807) is 19.3 Å². The number of nitrogens with zero attached hydrogens (tertiary/aromatic N) is 1. The minimum Gasteiger partial charge on any atom is -0.497 e. The van der Waals surface area contributed by atoms with E-state index in [9.17, 15) is 9.59 Å². The molecule has 1 saturated heterocycles. The lowest BCUT2D eigenvalue weighted by atomic mass is 9.97. The number of methoxy groups -OCH3 is 1. The fourth-order valence-corrected chi connectivity index (χ4v) is 2.92. The molecule has 0 radical (unpaired) electrons. The van der Waals surface area contributed by atoms with E-state index >= 15 is 0 Å². The molecule has 0 atom stereocenters. The van der Waals surface area contributed by atoms with Crippen molar-refractivity contribution in [2.45, 2.75) is 39.2 Å². The Morgan fingerprint density at radius 2 is 1.96 bits per heavy atom. The summed E-state index contributed by atoms with van der Waals surface area (Å²) in [7, 11) is 1.62. The molecule has 1 aromatic carbocycles. The zero-order chi connectivity index (χ0) is 19.9. The maximum absolute atomic E-state index is 12.4. The van der Waals surface area contributed by atoms with Crippen molar-refractivity contribution in [2.75, 3.05) is 26.7 Å². The number of rotatable bonds is 5. The number of carbonyl (C=O) groups is 2. The largest absolute Gasteiger partial charge is 0.497 e. The molecule has 0 spiro atoms. The van der Waals surface area contributed by atoms with E-state index in [0.29, 0.717) is 25.6 Å². The number of nitrogens with one attached hydrogen (secondary N) is 1. The van der Waals surface area contributed by atoms with E-state index in [0.717, 1.165) is 24.2 Å². The Morgan fingerprint density at radius 3 is 2.59 bits per heavy atom. The summed E-state index contributed by atoms with van der Waals surface area (Å²) in [6.07, 6.45) is 4.76. The van der Waals surface area contributed by atoms with Gasteiger partial charge in [-0.1, -0.05) is 12.1 Å². The summed E-state index contributed by atoms with van der Waals surface area (Å²) in [5, 5.41) is 2.82. The highest BCUT2D eigenvalue weighted by Gasteiger charge is 2.23. The second-order valence-corrected chi connectivity index (χ2v) is 7.76. The third kappa shape index (κ3) is 7.33. The molecule has 0 aliphatic carbocycles. The van der Waals surface area contributed by atoms with Crippen molar-refractivity contribution >= 4 is 18.1 Å². The van der Waals surface area contributed by atoms with Crippen molar-refractivity contribution in [1.82, 2.24) is 10.2 Å². The van der Waals surface area contributed by atoms with Crippen molar-refractivity contribution in [3.8, 4) is 5.75 Å². The third-order valence-electron chi connectivity index (χ3n) is 4.37. The van der Waals surface area contributed by atoms with E-state index in [-0.39, 0.29) is 12.0 Å². The second kappa shape index (κ2) is 9.44. The van der Waals surface area contributed by atoms with E-state index < -0.39 is 5.60 Å². The van der Waals surface area contributed by atoms with Crippen LogP contribution in [0.1, 0.15) is 39.2 Å². The molecule has 0 unspecified atom stereocenters. The number of alkyl carbamates (subject to hydrolysis) is 1. The summed E-state index contributed by atoms with van der Waals surface area (Å²) in [4.78, 5) is 25.9. The van der Waals surface area contributed by atoms with Crippen LogP contribution in [-0.4, -0.2) is 49.2 Å². The summed E-state index contributed by atoms with van der Waals surface area (Å²) in [6.45, 7) is 7.50. The molecule has 1 aromatic rings. The summed E-state index contributed by atoms with van der Waals surface area (Å²) < 4.78 is 10.4. The molecule has 2 amide bonds. The van der Waals surface area contributed by atoms with Gasteiger partial charge in [-0.3, -0.25) is 4.79 Å². The molecule has 0 bridgehead atoms. The van der Waals surface area contributed by atoms with Crippen LogP contribution in [0.2, 0.25) is 0 Å². The normalized spacial score (nSPS) is 15.6. The van der Waals surface area contributed by atoms with Gasteiger partial charge in [0.25, 0.3) is 0 Å². The number of carbonyl (C=O) groups excluding carboxylic acids is 2. The number of likely N-dealkylation sites (tertiary alicyclic amines) is 1. The molecule has 6 nitrogen and oxygen atoms in total. The first-order valence-corrected chi connectivity index (χ1v) is 9.35. The maximum atomic E-state index is 12.4. The van der Waals surface area contributed by atoms with Gasteiger partial charge < -0.3 is 19.7 Å². The first-order valence-electron chi connectivity index (χ1n) is 9.35. The van der Waals surface area contributed by atoms with Crippen LogP contribution in [0.5, 0.6) is 5.75 Å². The van der Waals surface area contributed by atoms with E-state index in [4.69, 9.17) is 9.47 Å². The van der Waals surface area contributed by atoms with Crippen LogP contribution >= 0.6 is 0 Å². The van der Waals surface area contributed by atoms with Gasteiger partial charge in [0.05, 0.1) is 7.11 Å². The van der Waals surface area contributed by atoms with Gasteiger partial charge in [0.2, 0.25) is 5.91 Å². The lowest BCUT2D eigenvalue weighted by Gasteiger charge is -2.31. The number of piperidine rings is 1. The highest BCUT2D eigenvalue weighted by Crippen LogP contribution is 2.18. The Kier molecular flexibility index (Phi) is 7.28. The van der Waals surface area contributed by atoms with Crippen LogP contribution in [0, 0.1) is 5.92 Å². The van der Waals surface area contributed by atoms with Crippen molar-refractivity contribution < 1.29 is 19.1 Å². The summed E-state index contributed by atoms with van der Waals surface area (Å²) in [6, 6.07) is 7.58. The summed E-state index contributed by atoms with van der Waals surface area (Å²) in [5.74, 6) is 1.14. The number of ether oxygens (including phenoxy) is 2. The molecule has 1 heterocycles. The van der Waals surface area contributed by atoms with E-state index in [2.05, 4.69) is 5.32 Å². The van der Waals surface area contributed by atoms with Crippen LogP contribution < -0.4 is 10.1 Å². The van der Waals surface area contributed by atoms with Crippen molar-refractivity contribution in [3.63, 3.8) is 0 Å². The van der Waals surface area contributed by atoms with Crippen LogP contribution in [-0.2, 0) is 9.53 Å². The molecule has 1 N–H and O–H groups in total. The van der Waals surface area contributed by atoms with E-state index in [1.807, 2.05) is 49.9 Å². The zero-order valence-electron chi connectivity index (χ0n) is 16.7. The van der Waals surface area contributed by atoms with Gasteiger partial charge in [-0.2, -0.15) is 0 Å². The summed E-state index contributed by atoms with van der Waals surface area (Å²) >= 11 is 0. The lowest BCUT2D eigenvalue weighted by molar-refractivity contribution is -0.127. The summed E-state index contributed by atoms with van der Waals surface area (Å²) in [5.41, 5.74) is 0.439. The van der Waals surface area contributed by atoms with Crippen LogP contribution in [0.4, 0.5) is 4.79 Å². The topological polar surface area (TPSA) is 67.9 Å². The molecule has 27 heavy (non-hydrogen) atoms. The Morgan fingerprint density at radius 1 is 1.26 bits per heavy atom. The van der Waals surface area contributed by atoms with Gasteiger partial charge in [0.1, 0.15) is 11.4 Å². The van der Waals surface area contributed by atoms with Crippen LogP contribution in [0.3, 0.4) is 0 Å². The first kappa shape index (κ1) is 20.8. The third-order valence-corrected chi connectivity index (χ3v) is 4.37. The first-order chi connectivity index (χ1) is 12.8. The second-order valence-electron chi connectivity index (χ2n) is 7.76. The highest BCUT2D eigenvalue weighted by molar-refractivity contribution is 5.91. The van der Waals surface area contributed by atoms with Crippen molar-refractivity contribution in [1.29, 1.82) is 0 Å². The molecule has 1 aliphatic rings. The van der Waals surface area contributed by atoms with Crippen LogP contribution in [0.15, 0.2) is 30.3 Å². The molecular formula is C21H30N2O4. The van der Waals surface area contributed by atoms with Crippen molar-refractivity contribution in [3.05, 3.63) is 35.9 Å². The Bertz CT molecular complexity index is 671. The number of hydrogen-bond acceptors (Lipinski definition) is 4. The smallest absolute Gasteiger partial charge is 0.407 e. The predicted molar refractivity (Wildman–Crippen MR) is 106 cm³/mol. The SMILES string of the molecule is COc1cccc(/C=C/C(=O)N2CCC(CNC(=O)OC(C)(C)C)CC2)c1. The quantitative estimate of drug-likeness (QED) is 0.802. The average molecular weight is 374 g/mol. The minimum atomic E-state index is -0.491. The number of amides is 2. The average Bonchev–Trinajstić information content (AvgIpc) is 2.63. The molecule has 148 valence electrons. The molecular weight excluding hydrogens is 344 g/mol. The van der Waals surface area contributed by atoms with Gasteiger partial charge in [-0.25, -0.2) is 4.79 Å². The van der Waals surface area contributed by atoms with E-state index in [1.165, 1.54) is 0 Å². The Balaban J connectivity index is 1.75. The molecule has 6 heteroatoms. The molecule has 2 rings (SSSR count). The van der Waals surface area contributed by atoms with Crippen molar-refractivity contribution in [2.24, 2.45) is 5.92 Å². The zero-order valence-corrected chi connectivity index (χ0v) is 16.7. The Labute approximate surface area is 161 Å². The van der Waals surface area contributed by atoms with Crippen LogP contribution in [0.25, 0.3) is 6.08 Å². The number of hydrogen-bond donors (Lipinski definition) is 1.